The van der Waals surface area contributed by atoms with E-state index in [0.29, 0.717) is 13.2 Å². The van der Waals surface area contributed by atoms with Crippen molar-refractivity contribution in [2.75, 3.05) is 13.2 Å². The lowest BCUT2D eigenvalue weighted by Gasteiger charge is -2.13. The van der Waals surface area contributed by atoms with Gasteiger partial charge >= 0.3 is 0 Å². The van der Waals surface area contributed by atoms with Crippen LogP contribution in [0.3, 0.4) is 0 Å². The second-order valence-corrected chi connectivity index (χ2v) is 16.1. The molecule has 8 heteroatoms. The summed E-state index contributed by atoms with van der Waals surface area (Å²) in [4.78, 5) is 19.2. The van der Waals surface area contributed by atoms with Gasteiger partial charge < -0.3 is 9.47 Å². The Bertz CT molecular complexity index is 3190. The van der Waals surface area contributed by atoms with Crippen molar-refractivity contribution in [1.29, 1.82) is 0 Å². The standard InChI is InChI=1S/C33H28N2O2.C17H10Br2N2/c1-4-36-26-12-6-22(7-13-26)24-10-16-28-29-17-11-25(23-8-14-27(15-9-23)37-5-2)19-31(29)33-32(30(28)18-24)34-20-21(3)35-33;1-9-8-20-16-14-6-10(18)2-4-12(14)13-5-3-11(19)7-15(13)17(16)21-9/h6-20H,4-5H2,1-3H3;2-8H,1H3. The molecule has 0 amide bonds. The molecule has 0 unspecified atom stereocenters. The van der Waals surface area contributed by atoms with Crippen molar-refractivity contribution in [3.63, 3.8) is 0 Å². The molecule has 2 heterocycles. The van der Waals surface area contributed by atoms with Crippen LogP contribution < -0.4 is 9.47 Å². The molecule has 0 atom stereocenters. The van der Waals surface area contributed by atoms with Crippen LogP contribution in [0.2, 0.25) is 0 Å². The van der Waals surface area contributed by atoms with Crippen molar-refractivity contribution < 1.29 is 9.47 Å². The molecule has 0 N–H and O–H groups in total. The van der Waals surface area contributed by atoms with Crippen molar-refractivity contribution in [3.8, 4) is 33.8 Å². The van der Waals surface area contributed by atoms with Gasteiger partial charge in [-0.3, -0.25) is 9.97 Å². The number of aryl methyl sites for hydroxylation is 2. The molecular weight excluding hydrogens is 848 g/mol. The first kappa shape index (κ1) is 37.6. The minimum Gasteiger partial charge on any atom is -0.494 e. The van der Waals surface area contributed by atoms with E-state index in [9.17, 15) is 0 Å². The van der Waals surface area contributed by atoms with Crippen LogP contribution in [0.5, 0.6) is 11.5 Å². The van der Waals surface area contributed by atoms with E-state index in [0.717, 1.165) is 97.7 Å². The van der Waals surface area contributed by atoms with Gasteiger partial charge in [0.2, 0.25) is 0 Å². The highest BCUT2D eigenvalue weighted by molar-refractivity contribution is 9.10. The minimum atomic E-state index is 0.659. The molecule has 2 aromatic heterocycles. The maximum atomic E-state index is 5.62. The van der Waals surface area contributed by atoms with Gasteiger partial charge in [0.15, 0.2) is 0 Å². The first-order valence-corrected chi connectivity index (χ1v) is 20.9. The third-order valence-corrected chi connectivity index (χ3v) is 11.4. The van der Waals surface area contributed by atoms with Crippen LogP contribution in [0.1, 0.15) is 25.2 Å². The second kappa shape index (κ2) is 15.8. The molecule has 10 rings (SSSR count). The summed E-state index contributed by atoms with van der Waals surface area (Å²) in [6.45, 7) is 9.28. The normalized spacial score (nSPS) is 11.4. The highest BCUT2D eigenvalue weighted by Crippen LogP contribution is 2.39. The van der Waals surface area contributed by atoms with E-state index >= 15 is 0 Å². The number of rotatable bonds is 6. The van der Waals surface area contributed by atoms with E-state index in [1.807, 2.05) is 64.4 Å². The monoisotopic (exact) mass is 884 g/mol. The Labute approximate surface area is 353 Å². The lowest BCUT2D eigenvalue weighted by molar-refractivity contribution is 0.340. The number of nitrogens with zero attached hydrogens (tertiary/aromatic N) is 4. The van der Waals surface area contributed by atoms with Gasteiger partial charge in [-0.15, -0.1) is 0 Å². The maximum absolute atomic E-state index is 5.62. The lowest BCUT2D eigenvalue weighted by Crippen LogP contribution is -1.93. The van der Waals surface area contributed by atoms with Gasteiger partial charge in [0.1, 0.15) is 11.5 Å². The van der Waals surface area contributed by atoms with E-state index < -0.39 is 0 Å². The van der Waals surface area contributed by atoms with Gasteiger partial charge in [-0.2, -0.15) is 0 Å². The largest absolute Gasteiger partial charge is 0.494 e. The van der Waals surface area contributed by atoms with Crippen LogP contribution in [0.4, 0.5) is 0 Å². The number of fused-ring (bicyclic) bond motifs is 12. The predicted octanol–water partition coefficient (Wildman–Crippen LogP) is 14.1. The zero-order chi connectivity index (χ0) is 39.9. The minimum absolute atomic E-state index is 0.659. The van der Waals surface area contributed by atoms with Gasteiger partial charge in [-0.1, -0.05) is 92.5 Å². The molecule has 0 aliphatic carbocycles. The summed E-state index contributed by atoms with van der Waals surface area (Å²) in [6, 6.07) is 42.4. The molecule has 0 saturated carbocycles. The third-order valence-electron chi connectivity index (χ3n) is 10.4. The van der Waals surface area contributed by atoms with E-state index in [2.05, 4.69) is 134 Å². The summed E-state index contributed by atoms with van der Waals surface area (Å²) in [5, 5.41) is 9.23. The molecule has 58 heavy (non-hydrogen) atoms. The first-order valence-electron chi connectivity index (χ1n) is 19.3. The lowest BCUT2D eigenvalue weighted by atomic mass is 9.93. The molecule has 0 aliphatic heterocycles. The highest BCUT2D eigenvalue weighted by Gasteiger charge is 2.15. The molecule has 8 aromatic carbocycles. The van der Waals surface area contributed by atoms with Crippen LogP contribution in [-0.4, -0.2) is 33.1 Å². The van der Waals surface area contributed by atoms with Gasteiger partial charge in [-0.05, 0) is 132 Å². The summed E-state index contributed by atoms with van der Waals surface area (Å²) >= 11 is 7.11. The van der Waals surface area contributed by atoms with Crippen LogP contribution in [0.15, 0.2) is 143 Å². The summed E-state index contributed by atoms with van der Waals surface area (Å²) in [5.41, 5.74) is 10.2. The zero-order valence-electron chi connectivity index (χ0n) is 32.5. The van der Waals surface area contributed by atoms with E-state index in [-0.39, 0.29) is 0 Å². The summed E-state index contributed by atoms with van der Waals surface area (Å²) in [7, 11) is 0. The van der Waals surface area contributed by atoms with Crippen LogP contribution in [0, 0.1) is 13.8 Å². The van der Waals surface area contributed by atoms with Gasteiger partial charge in [0.25, 0.3) is 0 Å². The molecule has 284 valence electrons. The molecule has 0 saturated heterocycles. The van der Waals surface area contributed by atoms with Crippen molar-refractivity contribution in [2.24, 2.45) is 0 Å². The summed E-state index contributed by atoms with van der Waals surface area (Å²) < 4.78 is 13.3. The number of halogens is 2. The van der Waals surface area contributed by atoms with Gasteiger partial charge in [0, 0.05) is 42.9 Å². The Balaban J connectivity index is 0.000000175. The molecule has 10 aromatic rings. The smallest absolute Gasteiger partial charge is 0.119 e. The second-order valence-electron chi connectivity index (χ2n) is 14.2. The van der Waals surface area contributed by atoms with Crippen LogP contribution >= 0.6 is 31.9 Å². The van der Waals surface area contributed by atoms with Crippen molar-refractivity contribution in [2.45, 2.75) is 27.7 Å². The first-order chi connectivity index (χ1) is 28.3. The maximum Gasteiger partial charge on any atom is 0.119 e. The predicted molar refractivity (Wildman–Crippen MR) is 247 cm³/mol. The highest BCUT2D eigenvalue weighted by atomic mass is 79.9. The van der Waals surface area contributed by atoms with Gasteiger partial charge in [-0.25, -0.2) is 9.97 Å². The Kier molecular flexibility index (Phi) is 10.2. The van der Waals surface area contributed by atoms with Crippen LogP contribution in [0.25, 0.3) is 87.4 Å². The van der Waals surface area contributed by atoms with Crippen molar-refractivity contribution in [3.05, 3.63) is 154 Å². The van der Waals surface area contributed by atoms with E-state index in [1.54, 1.807) is 0 Å². The third kappa shape index (κ3) is 7.12. The van der Waals surface area contributed by atoms with Crippen molar-refractivity contribution in [1.82, 2.24) is 19.9 Å². The summed E-state index contributed by atoms with van der Waals surface area (Å²) in [5.74, 6) is 1.77. The SMILES string of the molecule is CCOc1ccc(-c2ccc3c4ccc(-c5ccc(OCC)cc5)cc4c4nc(C)cnc4c3c2)cc1.Cc1cnc2c3cc(Br)ccc3c3ccc(Br)cc3c2n1. The molecule has 0 bridgehead atoms. The zero-order valence-corrected chi connectivity index (χ0v) is 35.6. The number of hydrogen-bond acceptors (Lipinski definition) is 6. The number of ether oxygens (including phenoxy) is 2. The average Bonchev–Trinajstić information content (AvgIpc) is 3.24. The number of benzene rings is 8. The fraction of sp³-hybridized carbons (Fsp3) is 0.120. The molecule has 0 spiro atoms. The molecule has 6 nitrogen and oxygen atoms in total. The molecule has 0 aliphatic rings. The Morgan fingerprint density at radius 3 is 1.16 bits per heavy atom. The van der Waals surface area contributed by atoms with E-state index in [4.69, 9.17) is 24.4 Å². The fourth-order valence-corrected chi connectivity index (χ4v) is 8.47. The Morgan fingerprint density at radius 2 is 0.741 bits per heavy atom. The fourth-order valence-electron chi connectivity index (χ4n) is 7.75. The number of hydrogen-bond donors (Lipinski definition) is 0. The molecular formula is C50H38Br2N4O2. The molecule has 0 fully saturated rings. The van der Waals surface area contributed by atoms with Crippen molar-refractivity contribution >= 4 is 97.0 Å². The average molecular weight is 887 g/mol. The molecule has 0 radical (unpaired) electrons. The van der Waals surface area contributed by atoms with Crippen LogP contribution in [-0.2, 0) is 0 Å². The quantitative estimate of drug-likeness (QED) is 0.155. The Hall–Kier alpha value is -5.96. The van der Waals surface area contributed by atoms with E-state index in [1.165, 1.54) is 21.5 Å². The van der Waals surface area contributed by atoms with Gasteiger partial charge in [0.05, 0.1) is 46.7 Å². The number of aromatic nitrogens is 4. The Morgan fingerprint density at radius 1 is 0.397 bits per heavy atom. The topological polar surface area (TPSA) is 70.0 Å². The summed E-state index contributed by atoms with van der Waals surface area (Å²) in [6.07, 6.45) is 3.68.